The molecule has 1 saturated heterocycles. The number of hydrogen-bond acceptors (Lipinski definition) is 6. The fourth-order valence-electron chi connectivity index (χ4n) is 3.24. The molecule has 1 aliphatic rings. The third-order valence-corrected chi connectivity index (χ3v) is 4.83. The van der Waals surface area contributed by atoms with Crippen LogP contribution in [-0.4, -0.2) is 50.5 Å². The van der Waals surface area contributed by atoms with Gasteiger partial charge >= 0.3 is 0 Å². The zero-order valence-electron chi connectivity index (χ0n) is 16.5. The summed E-state index contributed by atoms with van der Waals surface area (Å²) < 4.78 is 26.4. The van der Waals surface area contributed by atoms with E-state index in [9.17, 15) is 9.18 Å². The standard InChI is InChI=1S/C20H22FN5O3/c1-12(2)18-22-23-19(29-18)17-11-28-8-7-25(17)20(27)16-10-26(24-13(16)3)15-6-4-5-14(21)9-15/h4-6,9-10,12,17H,7-8,11H2,1-3H3. The van der Waals surface area contributed by atoms with Gasteiger partial charge in [0.25, 0.3) is 5.91 Å². The second-order valence-electron chi connectivity index (χ2n) is 7.28. The molecule has 9 heteroatoms. The number of nitrogens with zero attached hydrogens (tertiary/aromatic N) is 5. The largest absolute Gasteiger partial charge is 0.423 e. The lowest BCUT2D eigenvalue weighted by atomic mass is 10.1. The van der Waals surface area contributed by atoms with E-state index in [1.807, 2.05) is 13.8 Å². The highest BCUT2D eigenvalue weighted by atomic mass is 19.1. The molecule has 0 radical (unpaired) electrons. The quantitative estimate of drug-likeness (QED) is 0.670. The minimum absolute atomic E-state index is 0.0941. The molecule has 152 valence electrons. The molecule has 8 nitrogen and oxygen atoms in total. The maximum absolute atomic E-state index is 13.6. The Labute approximate surface area is 167 Å². The molecule has 1 aliphatic heterocycles. The van der Waals surface area contributed by atoms with Crippen LogP contribution in [0.5, 0.6) is 0 Å². The highest BCUT2D eigenvalue weighted by molar-refractivity contribution is 5.95. The monoisotopic (exact) mass is 399 g/mol. The average Bonchev–Trinajstić information content (AvgIpc) is 3.35. The van der Waals surface area contributed by atoms with E-state index in [4.69, 9.17) is 9.15 Å². The van der Waals surface area contributed by atoms with Crippen molar-refractivity contribution in [3.63, 3.8) is 0 Å². The molecule has 0 bridgehead atoms. The minimum atomic E-state index is -0.465. The van der Waals surface area contributed by atoms with E-state index in [1.54, 1.807) is 30.2 Å². The van der Waals surface area contributed by atoms with Gasteiger partial charge in [0.05, 0.1) is 30.2 Å². The molecule has 0 saturated carbocycles. The van der Waals surface area contributed by atoms with Gasteiger partial charge in [0.15, 0.2) is 0 Å². The van der Waals surface area contributed by atoms with Crippen molar-refractivity contribution in [2.24, 2.45) is 0 Å². The number of morpholine rings is 1. The van der Waals surface area contributed by atoms with Gasteiger partial charge in [-0.1, -0.05) is 19.9 Å². The van der Waals surface area contributed by atoms with Crippen molar-refractivity contribution in [1.82, 2.24) is 24.9 Å². The van der Waals surface area contributed by atoms with Gasteiger partial charge < -0.3 is 14.1 Å². The van der Waals surface area contributed by atoms with Crippen LogP contribution < -0.4 is 0 Å². The lowest BCUT2D eigenvalue weighted by Gasteiger charge is -2.33. The summed E-state index contributed by atoms with van der Waals surface area (Å²) in [5.74, 6) is 0.401. The molecule has 1 amide bonds. The molecule has 1 atom stereocenters. The number of benzene rings is 1. The van der Waals surface area contributed by atoms with E-state index in [0.29, 0.717) is 41.9 Å². The van der Waals surface area contributed by atoms with Crippen LogP contribution in [0.3, 0.4) is 0 Å². The number of aryl methyl sites for hydroxylation is 1. The van der Waals surface area contributed by atoms with Gasteiger partial charge in [-0.3, -0.25) is 4.79 Å². The molecule has 1 unspecified atom stereocenters. The van der Waals surface area contributed by atoms with Gasteiger partial charge in [-0.2, -0.15) is 5.10 Å². The molecular weight excluding hydrogens is 377 g/mol. The Balaban J connectivity index is 1.63. The first-order valence-corrected chi connectivity index (χ1v) is 9.48. The Morgan fingerprint density at radius 2 is 2.14 bits per heavy atom. The van der Waals surface area contributed by atoms with Crippen LogP contribution in [0, 0.1) is 12.7 Å². The number of rotatable bonds is 4. The molecular formula is C20H22FN5O3. The van der Waals surface area contributed by atoms with Crippen molar-refractivity contribution in [1.29, 1.82) is 0 Å². The Hall–Kier alpha value is -3.07. The van der Waals surface area contributed by atoms with Crippen LogP contribution in [0.2, 0.25) is 0 Å². The zero-order chi connectivity index (χ0) is 20.5. The predicted octanol–water partition coefficient (Wildman–Crippen LogP) is 3.04. The molecule has 0 spiro atoms. The number of halogens is 1. The normalized spacial score (nSPS) is 17.1. The Kier molecular flexibility index (Phi) is 5.14. The first-order valence-electron chi connectivity index (χ1n) is 9.48. The maximum Gasteiger partial charge on any atom is 0.258 e. The number of aromatic nitrogens is 4. The number of hydrogen-bond donors (Lipinski definition) is 0. The van der Waals surface area contributed by atoms with Crippen LogP contribution in [-0.2, 0) is 4.74 Å². The fraction of sp³-hybridized carbons (Fsp3) is 0.400. The van der Waals surface area contributed by atoms with Crippen molar-refractivity contribution in [2.45, 2.75) is 32.7 Å². The van der Waals surface area contributed by atoms with Gasteiger partial charge in [-0.25, -0.2) is 9.07 Å². The van der Waals surface area contributed by atoms with Crippen molar-refractivity contribution in [3.8, 4) is 5.69 Å². The van der Waals surface area contributed by atoms with E-state index in [-0.39, 0.29) is 24.2 Å². The van der Waals surface area contributed by atoms with E-state index in [0.717, 1.165) is 0 Å². The topological polar surface area (TPSA) is 86.3 Å². The van der Waals surface area contributed by atoms with Crippen molar-refractivity contribution >= 4 is 5.91 Å². The van der Waals surface area contributed by atoms with Gasteiger partial charge in [0.2, 0.25) is 11.8 Å². The summed E-state index contributed by atoms with van der Waals surface area (Å²) in [4.78, 5) is 15.0. The molecule has 4 rings (SSSR count). The number of carbonyl (C=O) groups excluding carboxylic acids is 1. The molecule has 0 N–H and O–H groups in total. The van der Waals surface area contributed by atoms with E-state index in [1.165, 1.54) is 16.8 Å². The van der Waals surface area contributed by atoms with E-state index in [2.05, 4.69) is 15.3 Å². The summed E-state index contributed by atoms with van der Waals surface area (Å²) in [7, 11) is 0. The summed E-state index contributed by atoms with van der Waals surface area (Å²) in [6.07, 6.45) is 1.62. The molecule has 1 fully saturated rings. The maximum atomic E-state index is 13.6. The summed E-state index contributed by atoms with van der Waals surface area (Å²) in [5, 5.41) is 12.6. The van der Waals surface area contributed by atoms with Crippen LogP contribution in [0.1, 0.15) is 53.6 Å². The first kappa shape index (κ1) is 19.3. The van der Waals surface area contributed by atoms with Crippen LogP contribution in [0.15, 0.2) is 34.9 Å². The highest BCUT2D eigenvalue weighted by Gasteiger charge is 2.34. The van der Waals surface area contributed by atoms with Gasteiger partial charge in [0, 0.05) is 18.7 Å². The van der Waals surface area contributed by atoms with Gasteiger partial charge in [-0.15, -0.1) is 10.2 Å². The average molecular weight is 399 g/mol. The van der Waals surface area contributed by atoms with Gasteiger partial charge in [0.1, 0.15) is 11.9 Å². The molecule has 3 heterocycles. The lowest BCUT2D eigenvalue weighted by molar-refractivity contribution is -0.0108. The van der Waals surface area contributed by atoms with Crippen molar-refractivity contribution < 1.29 is 18.3 Å². The lowest BCUT2D eigenvalue weighted by Crippen LogP contribution is -2.43. The molecule has 2 aromatic heterocycles. The fourth-order valence-corrected chi connectivity index (χ4v) is 3.24. The Bertz CT molecular complexity index is 1030. The second-order valence-corrected chi connectivity index (χ2v) is 7.28. The Morgan fingerprint density at radius 3 is 2.86 bits per heavy atom. The van der Waals surface area contributed by atoms with E-state index >= 15 is 0 Å². The molecule has 1 aromatic carbocycles. The third kappa shape index (κ3) is 3.77. The van der Waals surface area contributed by atoms with Gasteiger partial charge in [-0.05, 0) is 25.1 Å². The van der Waals surface area contributed by atoms with Crippen molar-refractivity contribution in [3.05, 3.63) is 59.3 Å². The SMILES string of the molecule is Cc1nn(-c2cccc(F)c2)cc1C(=O)N1CCOCC1c1nnc(C(C)C)o1. The smallest absolute Gasteiger partial charge is 0.258 e. The van der Waals surface area contributed by atoms with Crippen LogP contribution in [0.4, 0.5) is 4.39 Å². The van der Waals surface area contributed by atoms with E-state index < -0.39 is 6.04 Å². The predicted molar refractivity (Wildman–Crippen MR) is 101 cm³/mol. The summed E-state index contributed by atoms with van der Waals surface area (Å²) in [6, 6.07) is 5.59. The summed E-state index contributed by atoms with van der Waals surface area (Å²) in [5.41, 5.74) is 1.53. The molecule has 29 heavy (non-hydrogen) atoms. The highest BCUT2D eigenvalue weighted by Crippen LogP contribution is 2.27. The van der Waals surface area contributed by atoms with Crippen molar-refractivity contribution in [2.75, 3.05) is 19.8 Å². The van der Waals surface area contributed by atoms with Crippen LogP contribution >= 0.6 is 0 Å². The number of ether oxygens (including phenoxy) is 1. The summed E-state index contributed by atoms with van der Waals surface area (Å²) in [6.45, 7) is 6.77. The van der Waals surface area contributed by atoms with Crippen LogP contribution in [0.25, 0.3) is 5.69 Å². The molecule has 3 aromatic rings. The third-order valence-electron chi connectivity index (χ3n) is 4.83. The minimum Gasteiger partial charge on any atom is -0.423 e. The number of carbonyl (C=O) groups is 1. The number of amides is 1. The first-order chi connectivity index (χ1) is 13.9. The second kappa shape index (κ2) is 7.75. The molecule has 0 aliphatic carbocycles. The Morgan fingerprint density at radius 1 is 1.31 bits per heavy atom. The summed E-state index contributed by atoms with van der Waals surface area (Å²) >= 11 is 0. The zero-order valence-corrected chi connectivity index (χ0v) is 16.5.